The molecule has 2 rings (SSSR count). The third-order valence-corrected chi connectivity index (χ3v) is 3.40. The first-order valence-corrected chi connectivity index (χ1v) is 6.67. The second-order valence-corrected chi connectivity index (χ2v) is 4.85. The highest BCUT2D eigenvalue weighted by Gasteiger charge is 2.31. The van der Waals surface area contributed by atoms with E-state index in [9.17, 15) is 9.59 Å². The number of carbonyl (C=O) groups excluding carboxylic acids is 2. The number of hydrogen-bond acceptors (Lipinski definition) is 4. The number of ether oxygens (including phenoxy) is 1. The van der Waals surface area contributed by atoms with Crippen molar-refractivity contribution in [3.05, 3.63) is 24.0 Å². The highest BCUT2D eigenvalue weighted by atomic mass is 16.5. The quantitative estimate of drug-likeness (QED) is 0.610. The summed E-state index contributed by atoms with van der Waals surface area (Å²) >= 11 is 0. The lowest BCUT2D eigenvalue weighted by Crippen LogP contribution is -2.47. The van der Waals surface area contributed by atoms with Crippen molar-refractivity contribution >= 4 is 18.0 Å². The normalized spacial score (nSPS) is 19.3. The molecule has 1 amide bonds. The van der Waals surface area contributed by atoms with E-state index in [1.807, 2.05) is 13.2 Å². The molecule has 0 bridgehead atoms. The van der Waals surface area contributed by atoms with Crippen LogP contribution in [0.3, 0.4) is 0 Å². The van der Waals surface area contributed by atoms with Gasteiger partial charge in [0, 0.05) is 31.4 Å². The lowest BCUT2D eigenvalue weighted by Gasteiger charge is -2.32. The van der Waals surface area contributed by atoms with Gasteiger partial charge < -0.3 is 9.64 Å². The van der Waals surface area contributed by atoms with E-state index in [4.69, 9.17) is 4.74 Å². The predicted molar refractivity (Wildman–Crippen MR) is 73.6 cm³/mol. The number of likely N-dealkylation sites (tertiary alicyclic amines) is 1. The third kappa shape index (κ3) is 3.26. The van der Waals surface area contributed by atoms with Gasteiger partial charge in [-0.3, -0.25) is 9.48 Å². The van der Waals surface area contributed by atoms with Crippen LogP contribution in [0.5, 0.6) is 0 Å². The van der Waals surface area contributed by atoms with Gasteiger partial charge >= 0.3 is 5.97 Å². The number of aryl methyl sites for hydroxylation is 1. The van der Waals surface area contributed by atoms with E-state index in [2.05, 4.69) is 5.10 Å². The Morgan fingerprint density at radius 1 is 1.45 bits per heavy atom. The van der Waals surface area contributed by atoms with Crippen molar-refractivity contribution in [2.75, 3.05) is 13.7 Å². The van der Waals surface area contributed by atoms with Crippen LogP contribution in [-0.2, 0) is 21.4 Å². The number of esters is 1. The predicted octanol–water partition coefficient (Wildman–Crippen LogP) is 0.987. The molecule has 0 aliphatic carbocycles. The fraction of sp³-hybridized carbons (Fsp3) is 0.500. The Morgan fingerprint density at radius 2 is 2.25 bits per heavy atom. The number of hydrogen-bond donors (Lipinski definition) is 0. The third-order valence-electron chi connectivity index (χ3n) is 3.40. The highest BCUT2D eigenvalue weighted by Crippen LogP contribution is 2.18. The molecule has 0 radical (unpaired) electrons. The second-order valence-electron chi connectivity index (χ2n) is 4.85. The van der Waals surface area contributed by atoms with Crippen molar-refractivity contribution in [1.29, 1.82) is 0 Å². The van der Waals surface area contributed by atoms with Gasteiger partial charge in [-0.15, -0.1) is 0 Å². The topological polar surface area (TPSA) is 64.4 Å². The summed E-state index contributed by atoms with van der Waals surface area (Å²) in [5.74, 6) is -0.503. The first kappa shape index (κ1) is 14.3. The van der Waals surface area contributed by atoms with Crippen LogP contribution >= 0.6 is 0 Å². The average molecular weight is 277 g/mol. The Bertz CT molecular complexity index is 521. The lowest BCUT2D eigenvalue weighted by atomic mass is 10.0. The molecule has 1 aromatic rings. The molecule has 0 aromatic carbocycles. The van der Waals surface area contributed by atoms with Gasteiger partial charge in [-0.05, 0) is 25.3 Å². The van der Waals surface area contributed by atoms with Gasteiger partial charge in [0.05, 0.1) is 13.3 Å². The second kappa shape index (κ2) is 6.36. The minimum absolute atomic E-state index is 0.163. The maximum absolute atomic E-state index is 12.2. The molecule has 0 N–H and O–H groups in total. The number of amides is 1. The number of aromatic nitrogens is 2. The molecule has 6 heteroatoms. The van der Waals surface area contributed by atoms with E-state index < -0.39 is 6.04 Å². The van der Waals surface area contributed by atoms with Crippen LogP contribution in [0.1, 0.15) is 24.8 Å². The molecule has 0 spiro atoms. The maximum Gasteiger partial charge on any atom is 0.328 e. The van der Waals surface area contributed by atoms with Crippen molar-refractivity contribution < 1.29 is 14.3 Å². The molecule has 6 nitrogen and oxygen atoms in total. The molecule has 1 saturated heterocycles. The fourth-order valence-corrected chi connectivity index (χ4v) is 2.37. The van der Waals surface area contributed by atoms with E-state index in [0.717, 1.165) is 18.4 Å². The van der Waals surface area contributed by atoms with Crippen LogP contribution in [0, 0.1) is 0 Å². The van der Waals surface area contributed by atoms with Gasteiger partial charge in [0.25, 0.3) is 0 Å². The van der Waals surface area contributed by atoms with Crippen LogP contribution in [-0.4, -0.2) is 46.3 Å². The molecule has 0 saturated carbocycles. The van der Waals surface area contributed by atoms with E-state index in [0.29, 0.717) is 13.0 Å². The van der Waals surface area contributed by atoms with Gasteiger partial charge in [-0.1, -0.05) is 0 Å². The first-order valence-electron chi connectivity index (χ1n) is 6.67. The average Bonchev–Trinajstić information content (AvgIpc) is 2.89. The Kier molecular flexibility index (Phi) is 4.55. The minimum Gasteiger partial charge on any atom is -0.467 e. The molecule has 20 heavy (non-hydrogen) atoms. The van der Waals surface area contributed by atoms with Gasteiger partial charge in [0.15, 0.2) is 0 Å². The SMILES string of the molecule is COC(=O)[C@H]1CCCCN1C(=O)/C=C\c1cnn(C)c1. The molecule has 1 aliphatic heterocycles. The Hall–Kier alpha value is -2.11. The van der Waals surface area contributed by atoms with E-state index in [-0.39, 0.29) is 11.9 Å². The van der Waals surface area contributed by atoms with Crippen molar-refractivity contribution in [3.8, 4) is 0 Å². The molecule has 1 fully saturated rings. The zero-order chi connectivity index (χ0) is 14.5. The first-order chi connectivity index (χ1) is 9.61. The van der Waals surface area contributed by atoms with Gasteiger partial charge in [-0.2, -0.15) is 5.10 Å². The Morgan fingerprint density at radius 3 is 2.90 bits per heavy atom. The summed E-state index contributed by atoms with van der Waals surface area (Å²) in [6, 6.07) is -0.459. The van der Waals surface area contributed by atoms with Gasteiger partial charge in [0.2, 0.25) is 5.91 Å². The standard InChI is InChI=1S/C14H19N3O3/c1-16-10-11(9-15-16)6-7-13(18)17-8-4-3-5-12(17)14(19)20-2/h6-7,9-10,12H,3-5,8H2,1-2H3/b7-6-/t12-/m1/s1. The van der Waals surface area contributed by atoms with Crippen molar-refractivity contribution in [3.63, 3.8) is 0 Å². The highest BCUT2D eigenvalue weighted by molar-refractivity contribution is 5.94. The lowest BCUT2D eigenvalue weighted by molar-refractivity contribution is -0.153. The molecular formula is C14H19N3O3. The van der Waals surface area contributed by atoms with Crippen molar-refractivity contribution in [1.82, 2.24) is 14.7 Å². The zero-order valence-corrected chi connectivity index (χ0v) is 11.8. The summed E-state index contributed by atoms with van der Waals surface area (Å²) < 4.78 is 6.43. The summed E-state index contributed by atoms with van der Waals surface area (Å²) in [4.78, 5) is 25.5. The number of rotatable bonds is 3. The molecule has 1 aromatic heterocycles. The van der Waals surface area contributed by atoms with Crippen LogP contribution in [0.25, 0.3) is 6.08 Å². The van der Waals surface area contributed by atoms with Crippen molar-refractivity contribution in [2.24, 2.45) is 7.05 Å². The number of nitrogens with zero attached hydrogens (tertiary/aromatic N) is 3. The minimum atomic E-state index is -0.459. The van der Waals surface area contributed by atoms with E-state index in [1.165, 1.54) is 13.2 Å². The van der Waals surface area contributed by atoms with Gasteiger partial charge in [0.1, 0.15) is 6.04 Å². The maximum atomic E-state index is 12.2. The molecular weight excluding hydrogens is 258 g/mol. The molecule has 0 unspecified atom stereocenters. The van der Waals surface area contributed by atoms with E-state index >= 15 is 0 Å². The van der Waals surface area contributed by atoms with Crippen LogP contribution in [0.2, 0.25) is 0 Å². The fourth-order valence-electron chi connectivity index (χ4n) is 2.37. The number of piperidine rings is 1. The van der Waals surface area contributed by atoms with Gasteiger partial charge in [-0.25, -0.2) is 4.79 Å². The summed E-state index contributed by atoms with van der Waals surface area (Å²) in [6.45, 7) is 0.593. The Balaban J connectivity index is 2.06. The number of carbonyl (C=O) groups is 2. The molecule has 1 atom stereocenters. The van der Waals surface area contributed by atoms with Crippen LogP contribution < -0.4 is 0 Å². The molecule has 108 valence electrons. The monoisotopic (exact) mass is 277 g/mol. The smallest absolute Gasteiger partial charge is 0.328 e. The van der Waals surface area contributed by atoms with E-state index in [1.54, 1.807) is 21.9 Å². The van der Waals surface area contributed by atoms with Crippen molar-refractivity contribution in [2.45, 2.75) is 25.3 Å². The Labute approximate surface area is 118 Å². The van der Waals surface area contributed by atoms with Crippen LogP contribution in [0.15, 0.2) is 18.5 Å². The molecule has 2 heterocycles. The molecule has 1 aliphatic rings. The zero-order valence-electron chi connectivity index (χ0n) is 11.8. The summed E-state index contributed by atoms with van der Waals surface area (Å²) in [5, 5.41) is 4.03. The summed E-state index contributed by atoms with van der Waals surface area (Å²) in [6.07, 6.45) is 9.21. The largest absolute Gasteiger partial charge is 0.467 e. The summed E-state index contributed by atoms with van der Waals surface area (Å²) in [7, 11) is 3.17. The van der Waals surface area contributed by atoms with Crippen LogP contribution in [0.4, 0.5) is 0 Å². The number of methoxy groups -OCH3 is 1. The summed E-state index contributed by atoms with van der Waals surface area (Å²) in [5.41, 5.74) is 0.854.